The summed E-state index contributed by atoms with van der Waals surface area (Å²) in [5.74, 6) is -2.43. The molecule has 0 radical (unpaired) electrons. The number of benzene rings is 1. The van der Waals surface area contributed by atoms with Gasteiger partial charge in [-0.05, 0) is 47.5 Å². The molecule has 0 heterocycles. The lowest BCUT2D eigenvalue weighted by atomic mass is 10.2. The van der Waals surface area contributed by atoms with E-state index < -0.39 is 17.7 Å². The van der Waals surface area contributed by atoms with Crippen LogP contribution in [0.4, 0.5) is 10.1 Å². The van der Waals surface area contributed by atoms with E-state index in [-0.39, 0.29) is 12.3 Å². The van der Waals surface area contributed by atoms with Crippen LogP contribution < -0.4 is 5.32 Å². The average molecular weight is 304 g/mol. The monoisotopic (exact) mass is 303 g/mol. The Morgan fingerprint density at radius 1 is 1.47 bits per heavy atom. The second-order valence-electron chi connectivity index (χ2n) is 3.26. The highest BCUT2D eigenvalue weighted by Gasteiger charge is 2.16. The van der Waals surface area contributed by atoms with Gasteiger partial charge in [0.1, 0.15) is 5.82 Å². The van der Waals surface area contributed by atoms with Crippen molar-refractivity contribution in [1.82, 2.24) is 0 Å². The van der Waals surface area contributed by atoms with Gasteiger partial charge in [-0.15, -0.1) is 0 Å². The van der Waals surface area contributed by atoms with E-state index in [1.54, 1.807) is 13.8 Å². The Bertz CT molecular complexity index is 462. The molecule has 0 aliphatic carbocycles. The van der Waals surface area contributed by atoms with Gasteiger partial charge in [0.05, 0.1) is 11.1 Å². The topological polar surface area (TPSA) is 55.4 Å². The molecule has 0 saturated heterocycles. The van der Waals surface area contributed by atoms with Crippen LogP contribution in [0.15, 0.2) is 16.6 Å². The highest BCUT2D eigenvalue weighted by Crippen LogP contribution is 2.23. The number of anilines is 1. The van der Waals surface area contributed by atoms with E-state index in [2.05, 4.69) is 26.0 Å². The molecular weight excluding hydrogens is 293 g/mol. The summed E-state index contributed by atoms with van der Waals surface area (Å²) in [6, 6.07) is 2.65. The van der Waals surface area contributed by atoms with Crippen molar-refractivity contribution >= 4 is 33.5 Å². The smallest absolute Gasteiger partial charge is 0.397 e. The molecule has 4 nitrogen and oxygen atoms in total. The Balaban J connectivity index is 2.85. The van der Waals surface area contributed by atoms with Crippen LogP contribution in [0.3, 0.4) is 0 Å². The first-order valence-electron chi connectivity index (χ1n) is 4.89. The van der Waals surface area contributed by atoms with Crippen LogP contribution in [0.2, 0.25) is 0 Å². The molecule has 0 aliphatic rings. The Morgan fingerprint density at radius 3 is 2.71 bits per heavy atom. The molecule has 0 aromatic heterocycles. The third-order valence-corrected chi connectivity index (χ3v) is 2.58. The van der Waals surface area contributed by atoms with Crippen LogP contribution in [-0.4, -0.2) is 18.5 Å². The van der Waals surface area contributed by atoms with E-state index in [1.807, 2.05) is 0 Å². The molecule has 6 heteroatoms. The fraction of sp³-hybridized carbons (Fsp3) is 0.273. The Morgan fingerprint density at radius 2 is 2.12 bits per heavy atom. The standard InChI is InChI=1S/C11H11BrFNO3/c1-3-17-11(16)10(15)14-9-5-8(13)7(12)4-6(9)2/h4-5H,3H2,1-2H3,(H,14,15). The van der Waals surface area contributed by atoms with Crippen LogP contribution >= 0.6 is 15.9 Å². The Labute approximate surface area is 106 Å². The van der Waals surface area contributed by atoms with Gasteiger partial charge in [0.15, 0.2) is 0 Å². The first-order chi connectivity index (χ1) is 7.95. The number of ether oxygens (including phenoxy) is 1. The fourth-order valence-corrected chi connectivity index (χ4v) is 1.61. The molecule has 0 aliphatic heterocycles. The minimum absolute atomic E-state index is 0.111. The van der Waals surface area contributed by atoms with Crippen LogP contribution in [0.5, 0.6) is 0 Å². The molecule has 0 unspecified atom stereocenters. The number of hydrogen-bond acceptors (Lipinski definition) is 3. The molecule has 1 amide bonds. The van der Waals surface area contributed by atoms with Gasteiger partial charge in [-0.3, -0.25) is 4.79 Å². The van der Waals surface area contributed by atoms with E-state index >= 15 is 0 Å². The second kappa shape index (κ2) is 5.77. The van der Waals surface area contributed by atoms with E-state index in [0.717, 1.165) is 6.07 Å². The molecule has 0 atom stereocenters. The van der Waals surface area contributed by atoms with Crippen molar-refractivity contribution in [3.8, 4) is 0 Å². The highest BCUT2D eigenvalue weighted by atomic mass is 79.9. The third kappa shape index (κ3) is 3.52. The molecule has 1 aromatic carbocycles. The zero-order chi connectivity index (χ0) is 13.0. The number of aryl methyl sites for hydroxylation is 1. The van der Waals surface area contributed by atoms with E-state index in [9.17, 15) is 14.0 Å². The molecule has 0 saturated carbocycles. The molecule has 17 heavy (non-hydrogen) atoms. The highest BCUT2D eigenvalue weighted by molar-refractivity contribution is 9.10. The number of amides is 1. The number of nitrogens with one attached hydrogen (secondary N) is 1. The summed E-state index contributed by atoms with van der Waals surface area (Å²) in [6.45, 7) is 3.39. The Kier molecular flexibility index (Phi) is 4.62. The van der Waals surface area contributed by atoms with Crippen molar-refractivity contribution in [3.63, 3.8) is 0 Å². The summed E-state index contributed by atoms with van der Waals surface area (Å²) in [5.41, 5.74) is 0.875. The van der Waals surface area contributed by atoms with Crippen LogP contribution in [0, 0.1) is 12.7 Å². The van der Waals surface area contributed by atoms with Gasteiger partial charge < -0.3 is 10.1 Å². The largest absolute Gasteiger partial charge is 0.459 e. The normalized spacial score (nSPS) is 9.88. The summed E-state index contributed by atoms with van der Waals surface area (Å²) in [7, 11) is 0. The average Bonchev–Trinajstić information content (AvgIpc) is 2.26. The van der Waals surface area contributed by atoms with Gasteiger partial charge in [-0.1, -0.05) is 0 Å². The number of halogens is 2. The first-order valence-corrected chi connectivity index (χ1v) is 5.68. The molecule has 0 spiro atoms. The van der Waals surface area contributed by atoms with Crippen LogP contribution in [0.1, 0.15) is 12.5 Å². The lowest BCUT2D eigenvalue weighted by Crippen LogP contribution is -2.25. The summed E-state index contributed by atoms with van der Waals surface area (Å²) >= 11 is 3.02. The maximum Gasteiger partial charge on any atom is 0.397 e. The van der Waals surface area contributed by atoms with Crippen molar-refractivity contribution in [1.29, 1.82) is 0 Å². The summed E-state index contributed by atoms with van der Waals surface area (Å²) in [5, 5.41) is 2.29. The SMILES string of the molecule is CCOC(=O)C(=O)Nc1cc(F)c(Br)cc1C. The zero-order valence-electron chi connectivity index (χ0n) is 9.34. The van der Waals surface area contributed by atoms with Crippen molar-refractivity contribution in [2.45, 2.75) is 13.8 Å². The maximum atomic E-state index is 13.2. The van der Waals surface area contributed by atoms with Gasteiger partial charge in [0, 0.05) is 5.69 Å². The minimum Gasteiger partial charge on any atom is -0.459 e. The summed E-state index contributed by atoms with van der Waals surface area (Å²) in [4.78, 5) is 22.4. The lowest BCUT2D eigenvalue weighted by Gasteiger charge is -2.08. The molecule has 0 fully saturated rings. The molecule has 1 N–H and O–H groups in total. The van der Waals surface area contributed by atoms with Crippen molar-refractivity contribution in [2.24, 2.45) is 0 Å². The van der Waals surface area contributed by atoms with Gasteiger partial charge in [-0.2, -0.15) is 0 Å². The van der Waals surface area contributed by atoms with Crippen molar-refractivity contribution < 1.29 is 18.7 Å². The molecule has 92 valence electrons. The van der Waals surface area contributed by atoms with Gasteiger partial charge >= 0.3 is 11.9 Å². The number of rotatable bonds is 2. The third-order valence-electron chi connectivity index (χ3n) is 1.98. The number of carbonyl (C=O) groups excluding carboxylic acids is 2. The van der Waals surface area contributed by atoms with Crippen LogP contribution in [0.25, 0.3) is 0 Å². The molecular formula is C11H11BrFNO3. The maximum absolute atomic E-state index is 13.2. The van der Waals surface area contributed by atoms with Crippen molar-refractivity contribution in [3.05, 3.63) is 28.0 Å². The van der Waals surface area contributed by atoms with E-state index in [1.165, 1.54) is 6.07 Å². The Hall–Kier alpha value is -1.43. The predicted molar refractivity (Wildman–Crippen MR) is 64.1 cm³/mol. The minimum atomic E-state index is -0.991. The molecule has 1 aromatic rings. The summed E-state index contributed by atoms with van der Waals surface area (Å²) in [6.07, 6.45) is 0. The summed E-state index contributed by atoms with van der Waals surface area (Å²) < 4.78 is 18.1. The second-order valence-corrected chi connectivity index (χ2v) is 4.11. The van der Waals surface area contributed by atoms with Crippen molar-refractivity contribution in [2.75, 3.05) is 11.9 Å². The van der Waals surface area contributed by atoms with Gasteiger partial charge in [0.2, 0.25) is 0 Å². The number of esters is 1. The van der Waals surface area contributed by atoms with Gasteiger partial charge in [0.25, 0.3) is 0 Å². The number of hydrogen-bond donors (Lipinski definition) is 1. The van der Waals surface area contributed by atoms with Crippen LogP contribution in [-0.2, 0) is 14.3 Å². The quantitative estimate of drug-likeness (QED) is 0.674. The zero-order valence-corrected chi connectivity index (χ0v) is 10.9. The fourth-order valence-electron chi connectivity index (χ4n) is 1.15. The number of carbonyl (C=O) groups is 2. The van der Waals surface area contributed by atoms with E-state index in [0.29, 0.717) is 10.0 Å². The van der Waals surface area contributed by atoms with Gasteiger partial charge in [-0.25, -0.2) is 9.18 Å². The molecule has 0 bridgehead atoms. The predicted octanol–water partition coefficient (Wildman–Crippen LogP) is 2.40. The first kappa shape index (κ1) is 13.6. The lowest BCUT2D eigenvalue weighted by molar-refractivity contribution is -0.152. The van der Waals surface area contributed by atoms with E-state index in [4.69, 9.17) is 0 Å². The molecule has 1 rings (SSSR count).